The number of rotatable bonds is 9. The van der Waals surface area contributed by atoms with E-state index in [0.717, 1.165) is 55.7 Å². The van der Waals surface area contributed by atoms with E-state index in [4.69, 9.17) is 26.1 Å². The maximum absolute atomic E-state index is 13.2. The Bertz CT molecular complexity index is 1070. The van der Waals surface area contributed by atoms with Crippen LogP contribution >= 0.6 is 23.4 Å². The number of hydrogen-bond donors (Lipinski definition) is 0. The van der Waals surface area contributed by atoms with E-state index in [1.807, 2.05) is 47.0 Å². The highest BCUT2D eigenvalue weighted by atomic mass is 35.5. The van der Waals surface area contributed by atoms with Crippen LogP contribution in [0.15, 0.2) is 58.5 Å². The summed E-state index contributed by atoms with van der Waals surface area (Å²) in [7, 11) is 0. The third kappa shape index (κ3) is 6.01. The molecule has 1 saturated heterocycles. The molecule has 0 atom stereocenters. The van der Waals surface area contributed by atoms with Crippen molar-refractivity contribution in [1.82, 2.24) is 14.5 Å². The van der Waals surface area contributed by atoms with Crippen LogP contribution in [-0.4, -0.2) is 59.7 Å². The molecule has 0 saturated carbocycles. The van der Waals surface area contributed by atoms with E-state index >= 15 is 0 Å². The molecule has 3 aromatic rings. The normalized spacial score (nSPS) is 14.7. The van der Waals surface area contributed by atoms with Crippen molar-refractivity contribution in [2.75, 3.05) is 45.2 Å². The van der Waals surface area contributed by atoms with Crippen LogP contribution < -0.4 is 10.3 Å². The highest BCUT2D eigenvalue weighted by molar-refractivity contribution is 7.99. The van der Waals surface area contributed by atoms with Gasteiger partial charge in [-0.05, 0) is 36.8 Å². The second-order valence-electron chi connectivity index (χ2n) is 7.33. The van der Waals surface area contributed by atoms with E-state index in [0.29, 0.717) is 29.3 Å². The molecule has 0 bridgehead atoms. The van der Waals surface area contributed by atoms with Crippen molar-refractivity contribution in [1.29, 1.82) is 0 Å². The Morgan fingerprint density at radius 2 is 1.94 bits per heavy atom. The van der Waals surface area contributed by atoms with Crippen molar-refractivity contribution in [2.24, 2.45) is 0 Å². The molecule has 8 heteroatoms. The Hall–Kier alpha value is -2.06. The van der Waals surface area contributed by atoms with Crippen molar-refractivity contribution in [2.45, 2.75) is 18.1 Å². The summed E-state index contributed by atoms with van der Waals surface area (Å²) in [6.45, 7) is 5.56. The number of fused-ring (bicyclic) bond motifs is 1. The molecule has 1 aromatic heterocycles. The van der Waals surface area contributed by atoms with Crippen LogP contribution in [0.5, 0.6) is 5.75 Å². The number of halogens is 1. The average molecular weight is 460 g/mol. The summed E-state index contributed by atoms with van der Waals surface area (Å²) in [5, 5.41) is 2.05. The average Bonchev–Trinajstić information content (AvgIpc) is 2.79. The van der Waals surface area contributed by atoms with E-state index in [1.165, 1.54) is 0 Å². The number of hydrogen-bond acceptors (Lipinski definition) is 6. The van der Waals surface area contributed by atoms with Crippen LogP contribution in [0.4, 0.5) is 0 Å². The lowest BCUT2D eigenvalue weighted by atomic mass is 10.2. The third-order valence-corrected chi connectivity index (χ3v) is 6.34. The fourth-order valence-corrected chi connectivity index (χ4v) is 4.60. The summed E-state index contributed by atoms with van der Waals surface area (Å²) in [6.07, 6.45) is 0.895. The predicted molar refractivity (Wildman–Crippen MR) is 126 cm³/mol. The zero-order valence-electron chi connectivity index (χ0n) is 17.3. The molecule has 6 nitrogen and oxygen atoms in total. The number of aromatic nitrogens is 2. The second kappa shape index (κ2) is 11.0. The maximum atomic E-state index is 13.2. The Morgan fingerprint density at radius 1 is 1.10 bits per heavy atom. The molecule has 2 heterocycles. The Morgan fingerprint density at radius 3 is 2.77 bits per heavy atom. The standard InChI is InChI=1S/C23H26ClN3O3S/c24-18-5-3-6-19(17-18)30-15-16-31-23-25-21-8-2-1-7-20(21)22(28)27(23)10-4-9-26-11-13-29-14-12-26/h1-3,5-8,17H,4,9-16H2. The molecule has 0 spiro atoms. The van der Waals surface area contributed by atoms with Gasteiger partial charge in [0.25, 0.3) is 5.56 Å². The Kier molecular flexibility index (Phi) is 7.86. The minimum absolute atomic E-state index is 0.0193. The van der Waals surface area contributed by atoms with E-state index in [-0.39, 0.29) is 5.56 Å². The van der Waals surface area contributed by atoms with Gasteiger partial charge in [-0.3, -0.25) is 14.3 Å². The van der Waals surface area contributed by atoms with Gasteiger partial charge in [0.2, 0.25) is 0 Å². The monoisotopic (exact) mass is 459 g/mol. The third-order valence-electron chi connectivity index (χ3n) is 5.17. The fraction of sp³-hybridized carbons (Fsp3) is 0.391. The summed E-state index contributed by atoms with van der Waals surface area (Å²) in [5.41, 5.74) is 0.751. The van der Waals surface area contributed by atoms with Gasteiger partial charge in [-0.1, -0.05) is 41.6 Å². The lowest BCUT2D eigenvalue weighted by Gasteiger charge is -2.26. The molecular formula is C23H26ClN3O3S. The molecule has 4 rings (SSSR count). The van der Waals surface area contributed by atoms with Gasteiger partial charge in [-0.2, -0.15) is 0 Å². The molecule has 0 amide bonds. The highest BCUT2D eigenvalue weighted by Gasteiger charge is 2.14. The molecule has 1 aliphatic heterocycles. The van der Waals surface area contributed by atoms with Crippen molar-refractivity contribution in [3.63, 3.8) is 0 Å². The molecule has 0 aliphatic carbocycles. The molecule has 0 radical (unpaired) electrons. The van der Waals surface area contributed by atoms with Crippen molar-refractivity contribution in [3.05, 3.63) is 63.9 Å². The molecule has 1 aliphatic rings. The minimum Gasteiger partial charge on any atom is -0.493 e. The molecule has 164 valence electrons. The Balaban J connectivity index is 1.43. The summed E-state index contributed by atoms with van der Waals surface area (Å²) in [4.78, 5) is 20.3. The quantitative estimate of drug-likeness (QED) is 0.274. The van der Waals surface area contributed by atoms with Gasteiger partial charge in [0.05, 0.1) is 30.7 Å². The maximum Gasteiger partial charge on any atom is 0.262 e. The number of para-hydroxylation sites is 1. The first-order valence-electron chi connectivity index (χ1n) is 10.5. The number of benzene rings is 2. The van der Waals surface area contributed by atoms with Crippen molar-refractivity contribution in [3.8, 4) is 5.75 Å². The highest BCUT2D eigenvalue weighted by Crippen LogP contribution is 2.20. The van der Waals surface area contributed by atoms with Crippen LogP contribution in [0, 0.1) is 0 Å². The zero-order chi connectivity index (χ0) is 21.5. The van der Waals surface area contributed by atoms with Crippen LogP contribution in [0.1, 0.15) is 6.42 Å². The number of nitrogens with zero attached hydrogens (tertiary/aromatic N) is 3. The first-order valence-corrected chi connectivity index (χ1v) is 11.9. The summed E-state index contributed by atoms with van der Waals surface area (Å²) in [6, 6.07) is 14.9. The SMILES string of the molecule is O=c1c2ccccc2nc(SCCOc2cccc(Cl)c2)n1CCCN1CCOCC1. The van der Waals surface area contributed by atoms with Gasteiger partial charge in [0, 0.05) is 37.0 Å². The van der Waals surface area contributed by atoms with E-state index in [9.17, 15) is 4.79 Å². The predicted octanol–water partition coefficient (Wildman–Crippen LogP) is 3.94. The molecule has 31 heavy (non-hydrogen) atoms. The molecule has 0 N–H and O–H groups in total. The molecule has 0 unspecified atom stereocenters. The first kappa shape index (κ1) is 22.1. The smallest absolute Gasteiger partial charge is 0.262 e. The molecule has 1 fully saturated rings. The van der Waals surface area contributed by atoms with Crippen molar-refractivity contribution < 1.29 is 9.47 Å². The summed E-state index contributed by atoms with van der Waals surface area (Å²) in [5.74, 6) is 1.42. The van der Waals surface area contributed by atoms with Gasteiger partial charge < -0.3 is 9.47 Å². The first-order chi connectivity index (χ1) is 15.2. The number of ether oxygens (including phenoxy) is 2. The molecular weight excluding hydrogens is 434 g/mol. The molecule has 2 aromatic carbocycles. The topological polar surface area (TPSA) is 56.6 Å². The fourth-order valence-electron chi connectivity index (χ4n) is 3.58. The van der Waals surface area contributed by atoms with Crippen molar-refractivity contribution >= 4 is 34.3 Å². The van der Waals surface area contributed by atoms with Crippen LogP contribution in [0.25, 0.3) is 10.9 Å². The summed E-state index contributed by atoms with van der Waals surface area (Å²) >= 11 is 7.55. The summed E-state index contributed by atoms with van der Waals surface area (Å²) < 4.78 is 13.0. The van der Waals surface area contributed by atoms with E-state index < -0.39 is 0 Å². The van der Waals surface area contributed by atoms with Crippen LogP contribution in [0.2, 0.25) is 5.02 Å². The van der Waals surface area contributed by atoms with Crippen LogP contribution in [0.3, 0.4) is 0 Å². The van der Waals surface area contributed by atoms with Crippen LogP contribution in [-0.2, 0) is 11.3 Å². The second-order valence-corrected chi connectivity index (χ2v) is 8.83. The lowest BCUT2D eigenvalue weighted by molar-refractivity contribution is 0.0368. The minimum atomic E-state index is 0.0193. The van der Waals surface area contributed by atoms with Gasteiger partial charge in [0.15, 0.2) is 5.16 Å². The van der Waals surface area contributed by atoms with Gasteiger partial charge >= 0.3 is 0 Å². The lowest BCUT2D eigenvalue weighted by Crippen LogP contribution is -2.37. The van der Waals surface area contributed by atoms with Gasteiger partial charge in [-0.15, -0.1) is 0 Å². The van der Waals surface area contributed by atoms with Gasteiger partial charge in [-0.25, -0.2) is 4.98 Å². The number of morpholine rings is 1. The van der Waals surface area contributed by atoms with E-state index in [2.05, 4.69) is 4.90 Å². The largest absolute Gasteiger partial charge is 0.493 e. The zero-order valence-corrected chi connectivity index (χ0v) is 18.9. The van der Waals surface area contributed by atoms with E-state index in [1.54, 1.807) is 17.8 Å². The van der Waals surface area contributed by atoms with Gasteiger partial charge in [0.1, 0.15) is 5.75 Å². The Labute approximate surface area is 191 Å². The number of thioether (sulfide) groups is 1.